The monoisotopic (exact) mass is 207 g/mol. The van der Waals surface area contributed by atoms with Crippen LogP contribution in [-0.4, -0.2) is 19.3 Å². The maximum absolute atomic E-state index is 5.94. The SMILES string of the molecule is CCC(N)Cc1cccc2c1OCCO2. The average Bonchev–Trinajstić information content (AvgIpc) is 2.29. The molecule has 2 N–H and O–H groups in total. The molecule has 1 heterocycles. The molecule has 1 aliphatic heterocycles. The van der Waals surface area contributed by atoms with Gasteiger partial charge in [0.2, 0.25) is 0 Å². The van der Waals surface area contributed by atoms with Gasteiger partial charge in [0, 0.05) is 6.04 Å². The summed E-state index contributed by atoms with van der Waals surface area (Å²) in [7, 11) is 0. The molecule has 0 aromatic heterocycles. The minimum atomic E-state index is 0.196. The molecule has 0 saturated carbocycles. The van der Waals surface area contributed by atoms with Crippen LogP contribution in [0.2, 0.25) is 0 Å². The molecule has 82 valence electrons. The summed E-state index contributed by atoms with van der Waals surface area (Å²) in [4.78, 5) is 0. The van der Waals surface area contributed by atoms with Gasteiger partial charge in [-0.3, -0.25) is 0 Å². The fourth-order valence-corrected chi connectivity index (χ4v) is 1.72. The Morgan fingerprint density at radius 1 is 1.33 bits per heavy atom. The Morgan fingerprint density at radius 3 is 2.93 bits per heavy atom. The van der Waals surface area contributed by atoms with Crippen LogP contribution in [0.4, 0.5) is 0 Å². The Hall–Kier alpha value is -1.22. The van der Waals surface area contributed by atoms with Crippen molar-refractivity contribution in [2.45, 2.75) is 25.8 Å². The summed E-state index contributed by atoms with van der Waals surface area (Å²) in [6, 6.07) is 6.19. The van der Waals surface area contributed by atoms with E-state index in [2.05, 4.69) is 13.0 Å². The first-order valence-corrected chi connectivity index (χ1v) is 5.44. The molecule has 0 bridgehead atoms. The summed E-state index contributed by atoms with van der Waals surface area (Å²) >= 11 is 0. The van der Waals surface area contributed by atoms with Crippen LogP contribution in [0.1, 0.15) is 18.9 Å². The second-order valence-corrected chi connectivity index (χ2v) is 3.81. The molecule has 1 aliphatic rings. The average molecular weight is 207 g/mol. The van der Waals surface area contributed by atoms with Gasteiger partial charge < -0.3 is 15.2 Å². The van der Waals surface area contributed by atoms with E-state index in [-0.39, 0.29) is 6.04 Å². The highest BCUT2D eigenvalue weighted by Gasteiger charge is 2.16. The van der Waals surface area contributed by atoms with Crippen molar-refractivity contribution in [3.8, 4) is 11.5 Å². The van der Waals surface area contributed by atoms with Crippen LogP contribution in [0.25, 0.3) is 0 Å². The molecule has 0 fully saturated rings. The Kier molecular flexibility index (Phi) is 3.11. The molecule has 1 atom stereocenters. The van der Waals surface area contributed by atoms with E-state index in [1.165, 1.54) is 0 Å². The van der Waals surface area contributed by atoms with E-state index in [9.17, 15) is 0 Å². The van der Waals surface area contributed by atoms with Crippen LogP contribution in [0.5, 0.6) is 11.5 Å². The second-order valence-electron chi connectivity index (χ2n) is 3.81. The molecule has 3 nitrogen and oxygen atoms in total. The molecule has 0 radical (unpaired) electrons. The topological polar surface area (TPSA) is 44.5 Å². The highest BCUT2D eigenvalue weighted by atomic mass is 16.6. The second kappa shape index (κ2) is 4.53. The first-order valence-electron chi connectivity index (χ1n) is 5.44. The number of hydrogen-bond donors (Lipinski definition) is 1. The summed E-state index contributed by atoms with van der Waals surface area (Å²) in [5, 5.41) is 0. The summed E-state index contributed by atoms with van der Waals surface area (Å²) in [5.74, 6) is 1.73. The fourth-order valence-electron chi connectivity index (χ4n) is 1.72. The van der Waals surface area contributed by atoms with E-state index < -0.39 is 0 Å². The zero-order chi connectivity index (χ0) is 10.7. The van der Waals surface area contributed by atoms with Crippen LogP contribution in [0, 0.1) is 0 Å². The maximum Gasteiger partial charge on any atom is 0.164 e. The Bertz CT molecular complexity index is 338. The summed E-state index contributed by atoms with van der Waals surface area (Å²) in [6.45, 7) is 3.36. The van der Waals surface area contributed by atoms with E-state index >= 15 is 0 Å². The van der Waals surface area contributed by atoms with Crippen LogP contribution in [-0.2, 0) is 6.42 Å². The predicted octanol–water partition coefficient (Wildman–Crippen LogP) is 1.74. The minimum Gasteiger partial charge on any atom is -0.486 e. The molecule has 0 saturated heterocycles. The third-order valence-electron chi connectivity index (χ3n) is 2.65. The van der Waals surface area contributed by atoms with Crippen molar-refractivity contribution in [3.05, 3.63) is 23.8 Å². The van der Waals surface area contributed by atoms with Gasteiger partial charge in [0.25, 0.3) is 0 Å². The lowest BCUT2D eigenvalue weighted by Crippen LogP contribution is -2.23. The van der Waals surface area contributed by atoms with Crippen LogP contribution in [0.3, 0.4) is 0 Å². The molecular weight excluding hydrogens is 190 g/mol. The van der Waals surface area contributed by atoms with Crippen molar-refractivity contribution in [1.82, 2.24) is 0 Å². The van der Waals surface area contributed by atoms with Gasteiger partial charge >= 0.3 is 0 Å². The van der Waals surface area contributed by atoms with Crippen molar-refractivity contribution < 1.29 is 9.47 Å². The van der Waals surface area contributed by atoms with Gasteiger partial charge in [0.1, 0.15) is 13.2 Å². The van der Waals surface area contributed by atoms with Crippen molar-refractivity contribution >= 4 is 0 Å². The normalized spacial score (nSPS) is 16.1. The van der Waals surface area contributed by atoms with Gasteiger partial charge in [-0.15, -0.1) is 0 Å². The quantitative estimate of drug-likeness (QED) is 0.821. The lowest BCUT2D eigenvalue weighted by Gasteiger charge is -2.21. The lowest BCUT2D eigenvalue weighted by atomic mass is 10.0. The first kappa shape index (κ1) is 10.3. The zero-order valence-corrected chi connectivity index (χ0v) is 9.03. The van der Waals surface area contributed by atoms with Gasteiger partial charge in [-0.1, -0.05) is 19.1 Å². The standard InChI is InChI=1S/C12H17NO2/c1-2-10(13)8-9-4-3-5-11-12(9)15-7-6-14-11/h3-5,10H,2,6-8,13H2,1H3. The Balaban J connectivity index is 2.23. The van der Waals surface area contributed by atoms with Crippen LogP contribution < -0.4 is 15.2 Å². The van der Waals surface area contributed by atoms with E-state index in [0.717, 1.165) is 29.9 Å². The van der Waals surface area contributed by atoms with Gasteiger partial charge in [0.15, 0.2) is 11.5 Å². The van der Waals surface area contributed by atoms with Crippen LogP contribution in [0.15, 0.2) is 18.2 Å². The van der Waals surface area contributed by atoms with Gasteiger partial charge in [-0.25, -0.2) is 0 Å². The first-order chi connectivity index (χ1) is 7.31. The smallest absolute Gasteiger partial charge is 0.164 e. The van der Waals surface area contributed by atoms with Crippen molar-refractivity contribution in [2.24, 2.45) is 5.73 Å². The lowest BCUT2D eigenvalue weighted by molar-refractivity contribution is 0.169. The van der Waals surface area contributed by atoms with Gasteiger partial charge in [0.05, 0.1) is 0 Å². The molecule has 0 spiro atoms. The molecule has 0 aliphatic carbocycles. The third kappa shape index (κ3) is 2.23. The fraction of sp³-hybridized carbons (Fsp3) is 0.500. The molecule has 1 aromatic carbocycles. The van der Waals surface area contributed by atoms with E-state index in [1.807, 2.05) is 12.1 Å². The number of ether oxygens (including phenoxy) is 2. The Morgan fingerprint density at radius 2 is 2.13 bits per heavy atom. The Labute approximate surface area is 90.2 Å². The van der Waals surface area contributed by atoms with Crippen molar-refractivity contribution in [3.63, 3.8) is 0 Å². The number of fused-ring (bicyclic) bond motifs is 1. The van der Waals surface area contributed by atoms with Crippen LogP contribution >= 0.6 is 0 Å². The molecule has 1 unspecified atom stereocenters. The summed E-state index contributed by atoms with van der Waals surface area (Å²) < 4.78 is 11.1. The molecule has 2 rings (SSSR count). The molecule has 15 heavy (non-hydrogen) atoms. The number of rotatable bonds is 3. The van der Waals surface area contributed by atoms with Crippen molar-refractivity contribution in [2.75, 3.05) is 13.2 Å². The number of nitrogens with two attached hydrogens (primary N) is 1. The van der Waals surface area contributed by atoms with E-state index in [0.29, 0.717) is 13.2 Å². The van der Waals surface area contributed by atoms with E-state index in [1.54, 1.807) is 0 Å². The maximum atomic E-state index is 5.94. The van der Waals surface area contributed by atoms with Gasteiger partial charge in [-0.2, -0.15) is 0 Å². The predicted molar refractivity (Wildman–Crippen MR) is 59.4 cm³/mol. The van der Waals surface area contributed by atoms with E-state index in [4.69, 9.17) is 15.2 Å². The zero-order valence-electron chi connectivity index (χ0n) is 9.03. The highest BCUT2D eigenvalue weighted by molar-refractivity contribution is 5.47. The minimum absolute atomic E-state index is 0.196. The molecule has 3 heteroatoms. The number of hydrogen-bond acceptors (Lipinski definition) is 3. The molecular formula is C12H17NO2. The largest absolute Gasteiger partial charge is 0.486 e. The highest BCUT2D eigenvalue weighted by Crippen LogP contribution is 2.34. The molecule has 0 amide bonds. The number of benzene rings is 1. The van der Waals surface area contributed by atoms with Gasteiger partial charge in [-0.05, 0) is 24.5 Å². The third-order valence-corrected chi connectivity index (χ3v) is 2.65. The number of para-hydroxylation sites is 1. The summed E-state index contributed by atoms with van der Waals surface area (Å²) in [5.41, 5.74) is 7.10. The summed E-state index contributed by atoms with van der Waals surface area (Å²) in [6.07, 6.45) is 1.83. The van der Waals surface area contributed by atoms with Crippen molar-refractivity contribution in [1.29, 1.82) is 0 Å². The molecule has 1 aromatic rings.